The summed E-state index contributed by atoms with van der Waals surface area (Å²) in [4.78, 5) is 0. The molecule has 0 aliphatic heterocycles. The molecule has 0 saturated heterocycles. The molecule has 0 aliphatic carbocycles. The lowest BCUT2D eigenvalue weighted by Crippen LogP contribution is -2.07. The number of aryl methyl sites for hydroxylation is 2. The summed E-state index contributed by atoms with van der Waals surface area (Å²) in [7, 11) is 0. The predicted octanol–water partition coefficient (Wildman–Crippen LogP) is 15.3. The van der Waals surface area contributed by atoms with E-state index in [0.29, 0.717) is 17.8 Å². The number of benzene rings is 4. The van der Waals surface area contributed by atoms with Gasteiger partial charge in [0.2, 0.25) is 0 Å². The van der Waals surface area contributed by atoms with Crippen molar-refractivity contribution in [3.63, 3.8) is 0 Å². The van der Waals surface area contributed by atoms with Crippen LogP contribution >= 0.6 is 0 Å². The SMILES string of the molecule is CCCCCCCCCCC(c1ccc(C(CCCCCC)c2ccc(N)cc2C)cc1)c1ccc(C(CCCCCC)c2ccc(N)cc2C)cc1. The van der Waals surface area contributed by atoms with Crippen molar-refractivity contribution in [1.82, 2.24) is 0 Å². The highest BCUT2D eigenvalue weighted by molar-refractivity contribution is 5.50. The van der Waals surface area contributed by atoms with Gasteiger partial charge in [0.25, 0.3) is 0 Å². The summed E-state index contributed by atoms with van der Waals surface area (Å²) in [5.41, 5.74) is 25.3. The maximum atomic E-state index is 6.20. The molecule has 53 heavy (non-hydrogen) atoms. The van der Waals surface area contributed by atoms with Crippen molar-refractivity contribution in [1.29, 1.82) is 0 Å². The van der Waals surface area contributed by atoms with Gasteiger partial charge >= 0.3 is 0 Å². The average molecular weight is 715 g/mol. The number of nitrogens with two attached hydrogens (primary N) is 2. The summed E-state index contributed by atoms with van der Waals surface area (Å²) >= 11 is 0. The molecule has 2 nitrogen and oxygen atoms in total. The minimum atomic E-state index is 0.401. The monoisotopic (exact) mass is 715 g/mol. The first-order valence-electron chi connectivity index (χ1n) is 21.8. The first-order valence-corrected chi connectivity index (χ1v) is 21.8. The maximum Gasteiger partial charge on any atom is 0.0316 e. The van der Waals surface area contributed by atoms with E-state index in [1.807, 2.05) is 0 Å². The first-order chi connectivity index (χ1) is 25.9. The zero-order valence-corrected chi connectivity index (χ0v) is 34.4. The molecule has 2 heteroatoms. The molecule has 2 atom stereocenters. The molecule has 288 valence electrons. The number of hydrogen-bond donors (Lipinski definition) is 2. The van der Waals surface area contributed by atoms with Crippen molar-refractivity contribution in [3.05, 3.63) is 129 Å². The van der Waals surface area contributed by atoms with Crippen LogP contribution in [0.3, 0.4) is 0 Å². The van der Waals surface area contributed by atoms with E-state index < -0.39 is 0 Å². The van der Waals surface area contributed by atoms with E-state index in [0.717, 1.165) is 11.4 Å². The van der Waals surface area contributed by atoms with Crippen LogP contribution in [0.1, 0.15) is 205 Å². The van der Waals surface area contributed by atoms with Gasteiger partial charge in [0, 0.05) is 29.1 Å². The first kappa shape index (κ1) is 42.2. The Hall–Kier alpha value is -3.52. The van der Waals surface area contributed by atoms with Crippen LogP contribution in [0, 0.1) is 13.8 Å². The van der Waals surface area contributed by atoms with E-state index in [9.17, 15) is 0 Å². The van der Waals surface area contributed by atoms with Gasteiger partial charge in [-0.2, -0.15) is 0 Å². The summed E-state index contributed by atoms with van der Waals surface area (Å²) in [5, 5.41) is 0. The Morgan fingerprint density at radius 2 is 0.642 bits per heavy atom. The Morgan fingerprint density at radius 3 is 0.981 bits per heavy atom. The van der Waals surface area contributed by atoms with Gasteiger partial charge in [-0.1, -0.05) is 184 Å². The molecule has 0 radical (unpaired) electrons. The molecule has 2 unspecified atom stereocenters. The molecule has 4 aromatic carbocycles. The molecule has 0 fully saturated rings. The van der Waals surface area contributed by atoms with Crippen LogP contribution in [-0.2, 0) is 0 Å². The van der Waals surface area contributed by atoms with Crippen LogP contribution < -0.4 is 11.5 Å². The zero-order chi connectivity index (χ0) is 37.8. The van der Waals surface area contributed by atoms with E-state index in [4.69, 9.17) is 11.5 Å². The van der Waals surface area contributed by atoms with Gasteiger partial charge in [-0.05, 0) is 102 Å². The van der Waals surface area contributed by atoms with E-state index >= 15 is 0 Å². The number of unbranched alkanes of at least 4 members (excludes halogenated alkanes) is 13. The van der Waals surface area contributed by atoms with Crippen LogP contribution in [0.4, 0.5) is 11.4 Å². The van der Waals surface area contributed by atoms with Crippen molar-refractivity contribution in [2.75, 3.05) is 11.5 Å². The van der Waals surface area contributed by atoms with Crippen LogP contribution in [0.2, 0.25) is 0 Å². The fraction of sp³-hybridized carbons (Fsp3) is 0.529. The van der Waals surface area contributed by atoms with Crippen LogP contribution in [0.25, 0.3) is 0 Å². The standard InChI is InChI=1S/C51H74N2/c1-6-9-12-15-16-17-18-21-22-49(41-25-29-43(30-26-41)50(23-19-13-10-7-2)47-35-33-45(52)37-39(47)4)42-27-31-44(32-28-42)51(24-20-14-11-8-3)48-36-34-46(53)38-40(48)5/h25-38,49-51H,6-24,52-53H2,1-5H3. The third-order valence-electron chi connectivity index (χ3n) is 11.9. The van der Waals surface area contributed by atoms with Gasteiger partial charge in [0.1, 0.15) is 0 Å². The Bertz CT molecular complexity index is 1470. The second-order valence-corrected chi connectivity index (χ2v) is 16.2. The predicted molar refractivity (Wildman–Crippen MR) is 234 cm³/mol. The largest absolute Gasteiger partial charge is 0.399 e. The van der Waals surface area contributed by atoms with Gasteiger partial charge in [0.15, 0.2) is 0 Å². The van der Waals surface area contributed by atoms with Gasteiger partial charge in [-0.15, -0.1) is 0 Å². The van der Waals surface area contributed by atoms with Gasteiger partial charge in [-0.25, -0.2) is 0 Å². The van der Waals surface area contributed by atoms with Crippen molar-refractivity contribution in [3.8, 4) is 0 Å². The Balaban J connectivity index is 1.60. The second-order valence-electron chi connectivity index (χ2n) is 16.2. The molecule has 4 aromatic rings. The zero-order valence-electron chi connectivity index (χ0n) is 34.4. The minimum Gasteiger partial charge on any atom is -0.399 e. The number of hydrogen-bond acceptors (Lipinski definition) is 2. The lowest BCUT2D eigenvalue weighted by molar-refractivity contribution is 0.551. The topological polar surface area (TPSA) is 52.0 Å². The fourth-order valence-electron chi connectivity index (χ4n) is 8.66. The van der Waals surface area contributed by atoms with E-state index in [2.05, 4.69) is 120 Å². The molecule has 0 aromatic heterocycles. The highest BCUT2D eigenvalue weighted by Crippen LogP contribution is 2.38. The van der Waals surface area contributed by atoms with Crippen LogP contribution in [0.5, 0.6) is 0 Å². The Morgan fingerprint density at radius 1 is 0.358 bits per heavy atom. The highest BCUT2D eigenvalue weighted by atomic mass is 14.5. The summed E-state index contributed by atoms with van der Waals surface area (Å²) < 4.78 is 0. The molecule has 0 bridgehead atoms. The van der Waals surface area contributed by atoms with Crippen molar-refractivity contribution in [2.24, 2.45) is 0 Å². The molecule has 4 rings (SSSR count). The number of nitrogen functional groups attached to an aromatic ring is 2. The highest BCUT2D eigenvalue weighted by Gasteiger charge is 2.21. The number of anilines is 2. The molecule has 0 spiro atoms. The lowest BCUT2D eigenvalue weighted by Gasteiger charge is -2.24. The van der Waals surface area contributed by atoms with Crippen molar-refractivity contribution >= 4 is 11.4 Å². The quantitative estimate of drug-likeness (QED) is 0.0530. The molecule has 4 N–H and O–H groups in total. The third kappa shape index (κ3) is 13.4. The van der Waals surface area contributed by atoms with E-state index in [-0.39, 0.29) is 0 Å². The Labute approximate surface area is 325 Å². The fourth-order valence-corrected chi connectivity index (χ4v) is 8.66. The molecule has 0 amide bonds. The van der Waals surface area contributed by atoms with Gasteiger partial charge < -0.3 is 11.5 Å². The second kappa shape index (κ2) is 23.3. The van der Waals surface area contributed by atoms with Gasteiger partial charge in [-0.3, -0.25) is 0 Å². The summed E-state index contributed by atoms with van der Waals surface area (Å²) in [5.74, 6) is 1.21. The van der Waals surface area contributed by atoms with Crippen molar-refractivity contribution < 1.29 is 0 Å². The Kier molecular flexibility index (Phi) is 18.6. The third-order valence-corrected chi connectivity index (χ3v) is 11.9. The van der Waals surface area contributed by atoms with Crippen molar-refractivity contribution in [2.45, 2.75) is 174 Å². The van der Waals surface area contributed by atoms with E-state index in [1.165, 1.54) is 167 Å². The number of rotatable bonds is 25. The van der Waals surface area contributed by atoms with Crippen LogP contribution in [0.15, 0.2) is 84.9 Å². The minimum absolute atomic E-state index is 0.401. The summed E-state index contributed by atoms with van der Waals surface area (Å²) in [6.07, 6.45) is 24.6. The summed E-state index contributed by atoms with van der Waals surface area (Å²) in [6, 6.07) is 32.6. The molecule has 0 heterocycles. The van der Waals surface area contributed by atoms with E-state index in [1.54, 1.807) is 0 Å². The normalized spacial score (nSPS) is 13.2. The lowest BCUT2D eigenvalue weighted by atomic mass is 9.81. The molecular formula is C51H74N2. The maximum absolute atomic E-state index is 6.20. The average Bonchev–Trinajstić information content (AvgIpc) is 3.16. The molecular weight excluding hydrogens is 641 g/mol. The molecule has 0 saturated carbocycles. The van der Waals surface area contributed by atoms with Gasteiger partial charge in [0.05, 0.1) is 0 Å². The van der Waals surface area contributed by atoms with Crippen LogP contribution in [-0.4, -0.2) is 0 Å². The smallest absolute Gasteiger partial charge is 0.0316 e. The molecule has 0 aliphatic rings. The summed E-state index contributed by atoms with van der Waals surface area (Å²) in [6.45, 7) is 11.4.